The third-order valence-electron chi connectivity index (χ3n) is 3.03. The van der Waals surface area contributed by atoms with Crippen LogP contribution in [0.4, 0.5) is 5.69 Å². The summed E-state index contributed by atoms with van der Waals surface area (Å²) in [6, 6.07) is 14.2. The molecule has 0 spiro atoms. The van der Waals surface area contributed by atoms with Gasteiger partial charge in [0.25, 0.3) is 5.91 Å². The smallest absolute Gasteiger partial charge is 0.251 e. The first-order chi connectivity index (χ1) is 10.5. The molecule has 0 unspecified atom stereocenters. The molecule has 0 bridgehead atoms. The SMILES string of the molecule is Cc1cccc(C(=O)NCCC(=O)Nc2cccc(Cl)c2)c1. The normalized spacial score (nSPS) is 10.1. The molecule has 2 amide bonds. The highest BCUT2D eigenvalue weighted by Crippen LogP contribution is 2.14. The fourth-order valence-electron chi connectivity index (χ4n) is 1.97. The second-order valence-corrected chi connectivity index (χ2v) is 5.37. The van der Waals surface area contributed by atoms with Crippen LogP contribution < -0.4 is 10.6 Å². The van der Waals surface area contributed by atoms with E-state index in [-0.39, 0.29) is 24.8 Å². The van der Waals surface area contributed by atoms with Gasteiger partial charge in [0.05, 0.1) is 0 Å². The zero-order chi connectivity index (χ0) is 15.9. The number of rotatable bonds is 5. The van der Waals surface area contributed by atoms with E-state index in [0.717, 1.165) is 5.56 Å². The molecule has 0 atom stereocenters. The topological polar surface area (TPSA) is 58.2 Å². The lowest BCUT2D eigenvalue weighted by atomic mass is 10.1. The first-order valence-corrected chi connectivity index (χ1v) is 7.33. The molecule has 0 saturated carbocycles. The van der Waals surface area contributed by atoms with Crippen molar-refractivity contribution in [2.75, 3.05) is 11.9 Å². The van der Waals surface area contributed by atoms with Gasteiger partial charge in [-0.1, -0.05) is 35.4 Å². The van der Waals surface area contributed by atoms with Crippen molar-refractivity contribution in [1.29, 1.82) is 0 Å². The first-order valence-electron chi connectivity index (χ1n) is 6.95. The van der Waals surface area contributed by atoms with Crippen molar-refractivity contribution >= 4 is 29.1 Å². The number of hydrogen-bond donors (Lipinski definition) is 2. The van der Waals surface area contributed by atoms with Crippen molar-refractivity contribution in [1.82, 2.24) is 5.32 Å². The molecule has 0 fully saturated rings. The van der Waals surface area contributed by atoms with Crippen LogP contribution in [0.2, 0.25) is 5.02 Å². The van der Waals surface area contributed by atoms with Crippen LogP contribution in [0, 0.1) is 6.92 Å². The third-order valence-corrected chi connectivity index (χ3v) is 3.26. The van der Waals surface area contributed by atoms with Crippen LogP contribution in [-0.2, 0) is 4.79 Å². The third kappa shape index (κ3) is 4.90. The lowest BCUT2D eigenvalue weighted by Gasteiger charge is -2.07. The molecule has 0 aliphatic rings. The number of amides is 2. The maximum Gasteiger partial charge on any atom is 0.251 e. The standard InChI is InChI=1S/C17H17ClN2O2/c1-12-4-2-5-13(10-12)17(22)19-9-8-16(21)20-15-7-3-6-14(18)11-15/h2-7,10-11H,8-9H2,1H3,(H,19,22)(H,20,21). The van der Waals surface area contributed by atoms with Crippen LogP contribution >= 0.6 is 11.6 Å². The summed E-state index contributed by atoms with van der Waals surface area (Å²) in [4.78, 5) is 23.7. The van der Waals surface area contributed by atoms with Crippen LogP contribution in [0.25, 0.3) is 0 Å². The largest absolute Gasteiger partial charge is 0.352 e. The number of benzene rings is 2. The second-order valence-electron chi connectivity index (χ2n) is 4.93. The molecule has 0 radical (unpaired) electrons. The van der Waals surface area contributed by atoms with E-state index < -0.39 is 0 Å². The van der Waals surface area contributed by atoms with E-state index in [0.29, 0.717) is 16.3 Å². The van der Waals surface area contributed by atoms with E-state index in [1.807, 2.05) is 19.1 Å². The summed E-state index contributed by atoms with van der Waals surface area (Å²) >= 11 is 5.85. The van der Waals surface area contributed by atoms with E-state index in [4.69, 9.17) is 11.6 Å². The Morgan fingerprint density at radius 2 is 1.86 bits per heavy atom. The monoisotopic (exact) mass is 316 g/mol. The summed E-state index contributed by atoms with van der Waals surface area (Å²) in [5.41, 5.74) is 2.25. The van der Waals surface area contributed by atoms with Gasteiger partial charge in [0, 0.05) is 29.2 Å². The minimum absolute atomic E-state index is 0.174. The van der Waals surface area contributed by atoms with E-state index in [2.05, 4.69) is 10.6 Å². The van der Waals surface area contributed by atoms with Crippen molar-refractivity contribution < 1.29 is 9.59 Å². The molecule has 2 rings (SSSR count). The van der Waals surface area contributed by atoms with Crippen LogP contribution in [0.1, 0.15) is 22.3 Å². The number of aryl methyl sites for hydroxylation is 1. The Labute approximate surface area is 134 Å². The molecule has 0 heterocycles. The summed E-state index contributed by atoms with van der Waals surface area (Å²) in [7, 11) is 0. The van der Waals surface area contributed by atoms with E-state index in [1.165, 1.54) is 0 Å². The van der Waals surface area contributed by atoms with Crippen molar-refractivity contribution in [3.63, 3.8) is 0 Å². The quantitative estimate of drug-likeness (QED) is 0.888. The van der Waals surface area contributed by atoms with E-state index in [9.17, 15) is 9.59 Å². The average molecular weight is 317 g/mol. The Morgan fingerprint density at radius 3 is 2.59 bits per heavy atom. The van der Waals surface area contributed by atoms with Crippen LogP contribution in [-0.4, -0.2) is 18.4 Å². The van der Waals surface area contributed by atoms with Crippen LogP contribution in [0.5, 0.6) is 0 Å². The minimum atomic E-state index is -0.181. The Morgan fingerprint density at radius 1 is 1.09 bits per heavy atom. The molecular weight excluding hydrogens is 300 g/mol. The maximum absolute atomic E-state index is 11.9. The number of halogens is 1. The molecule has 5 heteroatoms. The van der Waals surface area contributed by atoms with Gasteiger partial charge in [-0.15, -0.1) is 0 Å². The summed E-state index contributed by atoms with van der Waals surface area (Å²) in [6.45, 7) is 2.20. The lowest BCUT2D eigenvalue weighted by molar-refractivity contribution is -0.116. The maximum atomic E-state index is 11.9. The Hall–Kier alpha value is -2.33. The molecule has 0 aromatic heterocycles. The van der Waals surface area contributed by atoms with Crippen molar-refractivity contribution in [2.24, 2.45) is 0 Å². The predicted molar refractivity (Wildman–Crippen MR) is 88.2 cm³/mol. The van der Waals surface area contributed by atoms with Gasteiger partial charge in [0.1, 0.15) is 0 Å². The van der Waals surface area contributed by atoms with Gasteiger partial charge in [-0.3, -0.25) is 9.59 Å². The summed E-state index contributed by atoms with van der Waals surface area (Å²) in [5.74, 6) is -0.355. The highest BCUT2D eigenvalue weighted by atomic mass is 35.5. The fourth-order valence-corrected chi connectivity index (χ4v) is 2.16. The summed E-state index contributed by atoms with van der Waals surface area (Å²) < 4.78 is 0. The van der Waals surface area contributed by atoms with Gasteiger partial charge in [-0.2, -0.15) is 0 Å². The molecule has 22 heavy (non-hydrogen) atoms. The average Bonchev–Trinajstić information content (AvgIpc) is 2.47. The number of carbonyl (C=O) groups excluding carboxylic acids is 2. The fraction of sp³-hybridized carbons (Fsp3) is 0.176. The number of carbonyl (C=O) groups is 2. The molecule has 114 valence electrons. The number of anilines is 1. The highest BCUT2D eigenvalue weighted by Gasteiger charge is 2.07. The Kier molecular flexibility index (Phi) is 5.55. The molecule has 0 saturated heterocycles. The Balaban J connectivity index is 1.78. The highest BCUT2D eigenvalue weighted by molar-refractivity contribution is 6.30. The lowest BCUT2D eigenvalue weighted by Crippen LogP contribution is -2.27. The van der Waals surface area contributed by atoms with E-state index >= 15 is 0 Å². The molecule has 0 aliphatic carbocycles. The van der Waals surface area contributed by atoms with Gasteiger partial charge in [-0.25, -0.2) is 0 Å². The van der Waals surface area contributed by atoms with Gasteiger partial charge < -0.3 is 10.6 Å². The van der Waals surface area contributed by atoms with Crippen LogP contribution in [0.3, 0.4) is 0 Å². The molecule has 0 aliphatic heterocycles. The van der Waals surface area contributed by atoms with Gasteiger partial charge in [0.15, 0.2) is 0 Å². The molecule has 2 aromatic rings. The Bertz CT molecular complexity index is 686. The van der Waals surface area contributed by atoms with Crippen molar-refractivity contribution in [3.8, 4) is 0 Å². The van der Waals surface area contributed by atoms with Crippen LogP contribution in [0.15, 0.2) is 48.5 Å². The van der Waals surface area contributed by atoms with Gasteiger partial charge >= 0.3 is 0 Å². The zero-order valence-electron chi connectivity index (χ0n) is 12.2. The summed E-state index contributed by atoms with van der Waals surface area (Å²) in [6.07, 6.45) is 0.198. The van der Waals surface area contributed by atoms with E-state index in [1.54, 1.807) is 36.4 Å². The van der Waals surface area contributed by atoms with Gasteiger partial charge in [-0.05, 0) is 37.3 Å². The van der Waals surface area contributed by atoms with Gasteiger partial charge in [0.2, 0.25) is 5.91 Å². The summed E-state index contributed by atoms with van der Waals surface area (Å²) in [5, 5.41) is 6.02. The molecule has 2 N–H and O–H groups in total. The zero-order valence-corrected chi connectivity index (χ0v) is 13.0. The number of nitrogens with one attached hydrogen (secondary N) is 2. The molecule has 2 aromatic carbocycles. The number of hydrogen-bond acceptors (Lipinski definition) is 2. The minimum Gasteiger partial charge on any atom is -0.352 e. The molecule has 4 nitrogen and oxygen atoms in total. The predicted octanol–water partition coefficient (Wildman–Crippen LogP) is 3.41. The van der Waals surface area contributed by atoms with Crippen molar-refractivity contribution in [2.45, 2.75) is 13.3 Å². The van der Waals surface area contributed by atoms with Crippen molar-refractivity contribution in [3.05, 3.63) is 64.7 Å². The second kappa shape index (κ2) is 7.61. The first kappa shape index (κ1) is 16.0. The molecular formula is C17H17ClN2O2.